The highest BCUT2D eigenvalue weighted by Gasteiger charge is 2.41. The number of carboxylic acids is 1. The third-order valence-electron chi connectivity index (χ3n) is 3.32. The van der Waals surface area contributed by atoms with E-state index in [0.29, 0.717) is 30.8 Å². The first-order chi connectivity index (χ1) is 8.96. The normalized spacial score (nSPS) is 23.5. The number of likely N-dealkylation sites (tertiary alicyclic amines) is 1. The van der Waals surface area contributed by atoms with Crippen molar-refractivity contribution in [3.63, 3.8) is 0 Å². The monoisotopic (exact) mass is 268 g/mol. The fraction of sp³-hybridized carbons (Fsp3) is 0.500. The summed E-state index contributed by atoms with van der Waals surface area (Å²) in [5.74, 6) is -1.02. The van der Waals surface area contributed by atoms with Gasteiger partial charge in [0.1, 0.15) is 16.9 Å². The fourth-order valence-corrected chi connectivity index (χ4v) is 2.18. The molecule has 0 radical (unpaired) electrons. The van der Waals surface area contributed by atoms with E-state index >= 15 is 0 Å². The van der Waals surface area contributed by atoms with Crippen molar-refractivity contribution in [1.29, 1.82) is 0 Å². The van der Waals surface area contributed by atoms with Gasteiger partial charge in [-0.1, -0.05) is 0 Å². The molecule has 1 aliphatic rings. The van der Waals surface area contributed by atoms with Crippen LogP contribution in [-0.2, 0) is 16.1 Å². The van der Waals surface area contributed by atoms with Crippen LogP contribution in [0.5, 0.6) is 0 Å². The molecule has 19 heavy (non-hydrogen) atoms. The first-order valence-electron chi connectivity index (χ1n) is 5.85. The van der Waals surface area contributed by atoms with E-state index in [9.17, 15) is 9.59 Å². The number of methoxy groups -OCH3 is 1. The highest BCUT2D eigenvalue weighted by molar-refractivity contribution is 5.90. The van der Waals surface area contributed by atoms with Crippen molar-refractivity contribution < 1.29 is 23.8 Å². The Bertz CT molecular complexity index is 498. The highest BCUT2D eigenvalue weighted by Crippen LogP contribution is 2.23. The molecule has 0 saturated carbocycles. The molecule has 1 unspecified atom stereocenters. The summed E-state index contributed by atoms with van der Waals surface area (Å²) >= 11 is 0. The van der Waals surface area contributed by atoms with Gasteiger partial charge in [-0.25, -0.2) is 4.79 Å². The lowest BCUT2D eigenvalue weighted by Gasteiger charge is -2.19. The second-order valence-electron chi connectivity index (χ2n) is 4.67. The lowest BCUT2D eigenvalue weighted by molar-refractivity contribution is -0.142. The standard InChI is InChI=1S/C12H16N2O5/c1-18-10(15)8-2-5-19-9(8)6-14-4-3-12(13,7-14)11(16)17/h2,5H,3-4,6-7,13H2,1H3,(H,16,17). The van der Waals surface area contributed by atoms with Crippen LogP contribution in [-0.4, -0.2) is 47.7 Å². The Balaban J connectivity index is 2.06. The van der Waals surface area contributed by atoms with E-state index in [2.05, 4.69) is 4.74 Å². The summed E-state index contributed by atoms with van der Waals surface area (Å²) < 4.78 is 9.89. The molecule has 1 saturated heterocycles. The zero-order valence-corrected chi connectivity index (χ0v) is 10.6. The van der Waals surface area contributed by atoms with Gasteiger partial charge in [0, 0.05) is 13.1 Å². The molecule has 0 aromatic carbocycles. The molecular formula is C12H16N2O5. The Labute approximate surface area is 109 Å². The van der Waals surface area contributed by atoms with E-state index in [0.717, 1.165) is 0 Å². The van der Waals surface area contributed by atoms with Crippen LogP contribution in [0.2, 0.25) is 0 Å². The van der Waals surface area contributed by atoms with Crippen molar-refractivity contribution >= 4 is 11.9 Å². The summed E-state index contributed by atoms with van der Waals surface area (Å²) in [7, 11) is 1.30. The maximum absolute atomic E-state index is 11.5. The Morgan fingerprint density at radius 1 is 1.63 bits per heavy atom. The van der Waals surface area contributed by atoms with Crippen molar-refractivity contribution in [3.05, 3.63) is 23.7 Å². The van der Waals surface area contributed by atoms with Crippen LogP contribution < -0.4 is 5.73 Å². The van der Waals surface area contributed by atoms with Gasteiger partial charge in [0.2, 0.25) is 0 Å². The van der Waals surface area contributed by atoms with E-state index in [1.54, 1.807) is 0 Å². The second-order valence-corrected chi connectivity index (χ2v) is 4.67. The SMILES string of the molecule is COC(=O)c1ccoc1CN1CCC(N)(C(=O)O)C1. The lowest BCUT2D eigenvalue weighted by Crippen LogP contribution is -2.50. The molecule has 1 fully saturated rings. The molecule has 0 amide bonds. The smallest absolute Gasteiger partial charge is 0.341 e. The topological polar surface area (TPSA) is 106 Å². The summed E-state index contributed by atoms with van der Waals surface area (Å²) in [6.45, 7) is 1.11. The third kappa shape index (κ3) is 2.61. The van der Waals surface area contributed by atoms with Crippen molar-refractivity contribution in [2.45, 2.75) is 18.5 Å². The Morgan fingerprint density at radius 3 is 2.95 bits per heavy atom. The zero-order chi connectivity index (χ0) is 14.0. The quantitative estimate of drug-likeness (QED) is 0.743. The van der Waals surface area contributed by atoms with Gasteiger partial charge in [0.05, 0.1) is 19.9 Å². The molecule has 1 aromatic rings. The minimum atomic E-state index is -1.22. The number of aliphatic carboxylic acids is 1. The maximum atomic E-state index is 11.5. The maximum Gasteiger partial charge on any atom is 0.341 e. The molecule has 2 rings (SSSR count). The van der Waals surface area contributed by atoms with Crippen molar-refractivity contribution in [3.8, 4) is 0 Å². The number of carbonyl (C=O) groups excluding carboxylic acids is 1. The van der Waals surface area contributed by atoms with E-state index in [1.165, 1.54) is 19.4 Å². The molecule has 3 N–H and O–H groups in total. The van der Waals surface area contributed by atoms with Crippen LogP contribution in [0.25, 0.3) is 0 Å². The molecule has 1 atom stereocenters. The van der Waals surface area contributed by atoms with Crippen molar-refractivity contribution in [2.75, 3.05) is 20.2 Å². The van der Waals surface area contributed by atoms with Gasteiger partial charge >= 0.3 is 11.9 Å². The summed E-state index contributed by atoms with van der Waals surface area (Å²) in [5.41, 5.74) is 4.91. The minimum absolute atomic E-state index is 0.226. The number of rotatable bonds is 4. The minimum Gasteiger partial charge on any atom is -0.480 e. The van der Waals surface area contributed by atoms with Crippen molar-refractivity contribution in [2.24, 2.45) is 5.73 Å². The van der Waals surface area contributed by atoms with Gasteiger partial charge < -0.3 is 20.0 Å². The molecule has 7 heteroatoms. The molecule has 104 valence electrons. The van der Waals surface area contributed by atoms with Gasteiger partial charge in [-0.15, -0.1) is 0 Å². The molecular weight excluding hydrogens is 252 g/mol. The number of nitrogens with two attached hydrogens (primary N) is 1. The summed E-state index contributed by atoms with van der Waals surface area (Å²) in [6, 6.07) is 1.53. The molecule has 2 heterocycles. The van der Waals surface area contributed by atoms with Gasteiger partial charge in [-0.3, -0.25) is 9.69 Å². The highest BCUT2D eigenvalue weighted by atomic mass is 16.5. The fourth-order valence-electron chi connectivity index (χ4n) is 2.18. The van der Waals surface area contributed by atoms with Gasteiger partial charge in [0.25, 0.3) is 0 Å². The van der Waals surface area contributed by atoms with Gasteiger partial charge in [-0.05, 0) is 12.5 Å². The molecule has 7 nitrogen and oxygen atoms in total. The predicted octanol–water partition coefficient (Wildman–Crippen LogP) is 0.0540. The van der Waals surface area contributed by atoms with E-state index in [-0.39, 0.29) is 6.54 Å². The summed E-state index contributed by atoms with van der Waals surface area (Å²) in [4.78, 5) is 24.4. The number of carbonyl (C=O) groups is 2. The van der Waals surface area contributed by atoms with Gasteiger partial charge in [-0.2, -0.15) is 0 Å². The van der Waals surface area contributed by atoms with E-state index in [4.69, 9.17) is 15.3 Å². The average molecular weight is 268 g/mol. The number of ether oxygens (including phenoxy) is 1. The number of nitrogens with zero attached hydrogens (tertiary/aromatic N) is 1. The van der Waals surface area contributed by atoms with Crippen LogP contribution in [0.3, 0.4) is 0 Å². The average Bonchev–Trinajstić information content (AvgIpc) is 2.97. The van der Waals surface area contributed by atoms with E-state index in [1.807, 2.05) is 4.90 Å². The number of esters is 1. The lowest BCUT2D eigenvalue weighted by atomic mass is 10.0. The number of carboxylic acid groups (broad SMARTS) is 1. The van der Waals surface area contributed by atoms with Crippen LogP contribution in [0.15, 0.2) is 16.7 Å². The Morgan fingerprint density at radius 2 is 2.37 bits per heavy atom. The second kappa shape index (κ2) is 5.02. The largest absolute Gasteiger partial charge is 0.480 e. The molecule has 0 bridgehead atoms. The predicted molar refractivity (Wildman–Crippen MR) is 64.5 cm³/mol. The van der Waals surface area contributed by atoms with E-state index < -0.39 is 17.5 Å². The number of hydrogen-bond acceptors (Lipinski definition) is 6. The Hall–Kier alpha value is -1.86. The third-order valence-corrected chi connectivity index (χ3v) is 3.32. The molecule has 0 aliphatic carbocycles. The summed E-state index contributed by atoms with van der Waals surface area (Å²) in [6.07, 6.45) is 1.78. The number of furan rings is 1. The van der Waals surface area contributed by atoms with Crippen molar-refractivity contribution in [1.82, 2.24) is 4.90 Å². The zero-order valence-electron chi connectivity index (χ0n) is 10.6. The van der Waals surface area contributed by atoms with Crippen LogP contribution >= 0.6 is 0 Å². The van der Waals surface area contributed by atoms with Crippen LogP contribution in [0.4, 0.5) is 0 Å². The van der Waals surface area contributed by atoms with Crippen LogP contribution in [0, 0.1) is 0 Å². The van der Waals surface area contributed by atoms with Gasteiger partial charge in [0.15, 0.2) is 0 Å². The Kier molecular flexibility index (Phi) is 3.59. The molecule has 1 aliphatic heterocycles. The molecule has 1 aromatic heterocycles. The first-order valence-corrected chi connectivity index (χ1v) is 5.85. The first kappa shape index (κ1) is 13.6. The summed E-state index contributed by atoms with van der Waals surface area (Å²) in [5, 5.41) is 9.05. The van der Waals surface area contributed by atoms with Crippen LogP contribution in [0.1, 0.15) is 22.5 Å². The number of hydrogen-bond donors (Lipinski definition) is 2. The molecule has 0 spiro atoms.